The first-order valence-corrected chi connectivity index (χ1v) is 11.9. The number of nitrogens with one attached hydrogen (secondary N) is 1. The molecule has 0 aromatic heterocycles. The number of anilines is 1. The molecule has 3 aromatic carbocycles. The Labute approximate surface area is 209 Å². The van der Waals surface area contributed by atoms with Gasteiger partial charge in [-0.15, -0.1) is 0 Å². The van der Waals surface area contributed by atoms with Gasteiger partial charge in [-0.05, 0) is 60.4 Å². The molecular formula is C28H29FN2O5. The highest BCUT2D eigenvalue weighted by Crippen LogP contribution is 2.46. The van der Waals surface area contributed by atoms with Crippen LogP contribution in [0.4, 0.5) is 10.1 Å². The summed E-state index contributed by atoms with van der Waals surface area (Å²) in [6.45, 7) is -0.134. The predicted octanol–water partition coefficient (Wildman–Crippen LogP) is 3.53. The minimum atomic E-state index is -0.794. The molecule has 3 aromatic rings. The minimum Gasteiger partial charge on any atom is -0.484 e. The maximum absolute atomic E-state index is 13.2. The Hall–Kier alpha value is -3.75. The fraction of sp³-hybridized carbons (Fsp3) is 0.286. The van der Waals surface area contributed by atoms with Crippen LogP contribution in [0.15, 0.2) is 78.9 Å². The summed E-state index contributed by atoms with van der Waals surface area (Å²) in [6, 6.07) is 22.2. The van der Waals surface area contributed by atoms with Crippen molar-refractivity contribution in [1.29, 1.82) is 0 Å². The van der Waals surface area contributed by atoms with E-state index in [1.807, 2.05) is 42.5 Å². The SMILES string of the molecule is O=C(COc1ccc(C2C(CCC(O)c3ccc(F)cc3)C(=O)N2c2ccccc2)cc1)NCCO. The van der Waals surface area contributed by atoms with Crippen molar-refractivity contribution in [1.82, 2.24) is 5.32 Å². The lowest BCUT2D eigenvalue weighted by Gasteiger charge is -2.48. The Morgan fingerprint density at radius 1 is 1.03 bits per heavy atom. The van der Waals surface area contributed by atoms with Crippen LogP contribution in [0.1, 0.15) is 36.1 Å². The van der Waals surface area contributed by atoms with Crippen LogP contribution in [0.2, 0.25) is 0 Å². The number of benzene rings is 3. The number of amides is 2. The summed E-state index contributed by atoms with van der Waals surface area (Å²) in [4.78, 5) is 26.6. The molecule has 0 radical (unpaired) electrons. The van der Waals surface area contributed by atoms with Crippen molar-refractivity contribution in [2.24, 2.45) is 5.92 Å². The number of aliphatic hydroxyl groups is 2. The third-order valence-corrected chi connectivity index (χ3v) is 6.28. The Morgan fingerprint density at radius 3 is 2.39 bits per heavy atom. The zero-order valence-corrected chi connectivity index (χ0v) is 19.7. The van der Waals surface area contributed by atoms with Gasteiger partial charge in [0.2, 0.25) is 5.91 Å². The van der Waals surface area contributed by atoms with E-state index in [-0.39, 0.29) is 49.3 Å². The largest absolute Gasteiger partial charge is 0.484 e. The summed E-state index contributed by atoms with van der Waals surface area (Å²) in [5, 5.41) is 21.9. The zero-order valence-electron chi connectivity index (χ0n) is 19.7. The van der Waals surface area contributed by atoms with Crippen LogP contribution in [-0.2, 0) is 9.59 Å². The number of β-lactam (4-membered cyclic amide) rings is 1. The van der Waals surface area contributed by atoms with Crippen LogP contribution in [0.25, 0.3) is 0 Å². The van der Waals surface area contributed by atoms with Crippen molar-refractivity contribution < 1.29 is 28.9 Å². The highest BCUT2D eigenvalue weighted by Gasteiger charge is 2.48. The van der Waals surface area contributed by atoms with E-state index in [0.29, 0.717) is 24.2 Å². The van der Waals surface area contributed by atoms with Gasteiger partial charge >= 0.3 is 0 Å². The van der Waals surface area contributed by atoms with Crippen LogP contribution >= 0.6 is 0 Å². The van der Waals surface area contributed by atoms with E-state index in [1.165, 1.54) is 12.1 Å². The van der Waals surface area contributed by atoms with E-state index in [1.54, 1.807) is 29.2 Å². The van der Waals surface area contributed by atoms with Crippen molar-refractivity contribution in [2.75, 3.05) is 24.7 Å². The van der Waals surface area contributed by atoms with Crippen LogP contribution in [-0.4, -0.2) is 41.8 Å². The van der Waals surface area contributed by atoms with Gasteiger partial charge in [0.1, 0.15) is 11.6 Å². The molecule has 1 aliphatic rings. The number of hydrogen-bond acceptors (Lipinski definition) is 5. The van der Waals surface area contributed by atoms with Crippen LogP contribution in [0, 0.1) is 11.7 Å². The molecule has 0 saturated carbocycles. The molecule has 1 aliphatic heterocycles. The molecule has 1 saturated heterocycles. The van der Waals surface area contributed by atoms with E-state index in [4.69, 9.17) is 9.84 Å². The molecule has 3 N–H and O–H groups in total. The lowest BCUT2D eigenvalue weighted by Crippen LogP contribution is -2.55. The van der Waals surface area contributed by atoms with Gasteiger partial charge in [-0.3, -0.25) is 9.59 Å². The van der Waals surface area contributed by atoms with Gasteiger partial charge in [-0.25, -0.2) is 4.39 Å². The molecule has 7 nitrogen and oxygen atoms in total. The maximum atomic E-state index is 13.2. The zero-order chi connectivity index (χ0) is 25.5. The second-order valence-electron chi connectivity index (χ2n) is 8.67. The standard InChI is InChI=1S/C28H29FN2O5/c29-21-10-6-19(7-11-21)25(33)15-14-24-27(31(28(24)35)22-4-2-1-3-5-22)20-8-12-23(13-9-20)36-18-26(34)30-16-17-32/h1-13,24-25,27,32-33H,14-18H2,(H,30,34). The van der Waals surface area contributed by atoms with Crippen molar-refractivity contribution >= 4 is 17.5 Å². The molecule has 0 aliphatic carbocycles. The fourth-order valence-corrected chi connectivity index (χ4v) is 4.43. The first kappa shape index (κ1) is 25.3. The smallest absolute Gasteiger partial charge is 0.258 e. The maximum Gasteiger partial charge on any atom is 0.258 e. The second kappa shape index (κ2) is 11.8. The topological polar surface area (TPSA) is 99.1 Å². The average molecular weight is 493 g/mol. The Bertz CT molecular complexity index is 1150. The highest BCUT2D eigenvalue weighted by molar-refractivity contribution is 6.03. The normalized spacial score (nSPS) is 17.9. The number of hydrogen-bond donors (Lipinski definition) is 3. The third kappa shape index (κ3) is 5.90. The summed E-state index contributed by atoms with van der Waals surface area (Å²) >= 11 is 0. The molecule has 8 heteroatoms. The quantitative estimate of drug-likeness (QED) is 0.356. The van der Waals surface area contributed by atoms with E-state index in [0.717, 1.165) is 11.3 Å². The van der Waals surface area contributed by atoms with Gasteiger partial charge in [0.15, 0.2) is 6.61 Å². The number of carbonyl (C=O) groups excluding carboxylic acids is 2. The number of aliphatic hydroxyl groups excluding tert-OH is 2. The molecule has 4 rings (SSSR count). The second-order valence-corrected chi connectivity index (χ2v) is 8.67. The molecule has 188 valence electrons. The van der Waals surface area contributed by atoms with Gasteiger partial charge in [0.05, 0.1) is 24.7 Å². The number of ether oxygens (including phenoxy) is 1. The van der Waals surface area contributed by atoms with Gasteiger partial charge < -0.3 is 25.2 Å². The molecule has 1 heterocycles. The lowest BCUT2D eigenvalue weighted by atomic mass is 9.78. The van der Waals surface area contributed by atoms with E-state index >= 15 is 0 Å². The highest BCUT2D eigenvalue weighted by atomic mass is 19.1. The van der Waals surface area contributed by atoms with Gasteiger partial charge in [-0.1, -0.05) is 42.5 Å². The monoisotopic (exact) mass is 492 g/mol. The summed E-state index contributed by atoms with van der Waals surface area (Å²) in [5.74, 6) is -0.516. The van der Waals surface area contributed by atoms with Gasteiger partial charge in [0, 0.05) is 12.2 Å². The first-order chi connectivity index (χ1) is 17.5. The predicted molar refractivity (Wildman–Crippen MR) is 133 cm³/mol. The molecule has 36 heavy (non-hydrogen) atoms. The van der Waals surface area contributed by atoms with Gasteiger partial charge in [-0.2, -0.15) is 0 Å². The number of para-hydroxylation sites is 1. The van der Waals surface area contributed by atoms with Crippen molar-refractivity contribution in [3.05, 3.63) is 95.8 Å². The lowest BCUT2D eigenvalue weighted by molar-refractivity contribution is -0.131. The Balaban J connectivity index is 1.46. The number of carbonyl (C=O) groups is 2. The fourth-order valence-electron chi connectivity index (χ4n) is 4.43. The summed E-state index contributed by atoms with van der Waals surface area (Å²) in [6.07, 6.45) is 0.0394. The molecule has 2 amide bonds. The van der Waals surface area contributed by atoms with Crippen molar-refractivity contribution in [3.63, 3.8) is 0 Å². The van der Waals surface area contributed by atoms with E-state index in [9.17, 15) is 19.1 Å². The minimum absolute atomic E-state index is 0.0154. The average Bonchev–Trinajstić information content (AvgIpc) is 2.90. The molecule has 3 atom stereocenters. The molecular weight excluding hydrogens is 463 g/mol. The first-order valence-electron chi connectivity index (χ1n) is 11.9. The van der Waals surface area contributed by atoms with Crippen molar-refractivity contribution in [3.8, 4) is 5.75 Å². The van der Waals surface area contributed by atoms with Gasteiger partial charge in [0.25, 0.3) is 5.91 Å². The van der Waals surface area contributed by atoms with E-state index in [2.05, 4.69) is 5.32 Å². The number of nitrogens with zero attached hydrogens (tertiary/aromatic N) is 1. The Morgan fingerprint density at radius 2 is 1.72 bits per heavy atom. The van der Waals surface area contributed by atoms with Crippen LogP contribution < -0.4 is 15.0 Å². The summed E-state index contributed by atoms with van der Waals surface area (Å²) in [5.41, 5.74) is 2.32. The van der Waals surface area contributed by atoms with Crippen LogP contribution in [0.3, 0.4) is 0 Å². The van der Waals surface area contributed by atoms with E-state index < -0.39 is 6.10 Å². The Kier molecular flexibility index (Phi) is 8.30. The summed E-state index contributed by atoms with van der Waals surface area (Å²) < 4.78 is 18.7. The molecule has 3 unspecified atom stereocenters. The summed E-state index contributed by atoms with van der Waals surface area (Å²) in [7, 11) is 0. The third-order valence-electron chi connectivity index (χ3n) is 6.28. The molecule has 0 bridgehead atoms. The number of rotatable bonds is 11. The molecule has 1 fully saturated rings. The van der Waals surface area contributed by atoms with Crippen molar-refractivity contribution in [2.45, 2.75) is 25.0 Å². The van der Waals surface area contributed by atoms with Crippen LogP contribution in [0.5, 0.6) is 5.75 Å². The number of halogens is 1. The molecule has 0 spiro atoms.